The highest BCUT2D eigenvalue weighted by atomic mass is 32.2. The smallest absolute Gasteiger partial charge is 0.319 e. The van der Waals surface area contributed by atoms with Crippen LogP contribution in [0.3, 0.4) is 0 Å². The average molecular weight is 297 g/mol. The molecule has 2 amide bonds. The Balaban J connectivity index is 2.03. The van der Waals surface area contributed by atoms with Gasteiger partial charge in [0.15, 0.2) is 9.84 Å². The van der Waals surface area contributed by atoms with Gasteiger partial charge in [-0.2, -0.15) is 0 Å². The molecule has 1 atom stereocenters. The number of nitrogens with one attached hydrogen (secondary N) is 2. The highest BCUT2D eigenvalue weighted by Crippen LogP contribution is 2.23. The summed E-state index contributed by atoms with van der Waals surface area (Å²) in [5.41, 5.74) is -0.197. The van der Waals surface area contributed by atoms with Crippen molar-refractivity contribution in [3.8, 4) is 0 Å². The SMILES string of the molecule is O=C(Nc1ccccc1[N+](=O)[O-])NC1C=CS(=O)(=O)C1. The second kappa shape index (κ2) is 5.29. The fourth-order valence-electron chi connectivity index (χ4n) is 1.73. The van der Waals surface area contributed by atoms with Gasteiger partial charge in [-0.1, -0.05) is 12.1 Å². The summed E-state index contributed by atoms with van der Waals surface area (Å²) >= 11 is 0. The molecule has 1 unspecified atom stereocenters. The third-order valence-corrected chi connectivity index (χ3v) is 3.99. The number of rotatable bonds is 3. The van der Waals surface area contributed by atoms with Gasteiger partial charge in [0.25, 0.3) is 5.69 Å². The fraction of sp³-hybridized carbons (Fsp3) is 0.182. The topological polar surface area (TPSA) is 118 Å². The van der Waals surface area contributed by atoms with Crippen molar-refractivity contribution in [3.63, 3.8) is 0 Å². The summed E-state index contributed by atoms with van der Waals surface area (Å²) in [6.07, 6.45) is 1.36. The van der Waals surface area contributed by atoms with Crippen molar-refractivity contribution in [2.45, 2.75) is 6.04 Å². The Labute approximate surface area is 114 Å². The molecule has 1 aromatic rings. The second-order valence-corrected chi connectivity index (χ2v) is 6.07. The first-order chi connectivity index (χ1) is 9.37. The van der Waals surface area contributed by atoms with Gasteiger partial charge in [0.1, 0.15) is 5.69 Å². The van der Waals surface area contributed by atoms with Crippen molar-refractivity contribution >= 4 is 27.2 Å². The van der Waals surface area contributed by atoms with Gasteiger partial charge in [0.05, 0.1) is 16.7 Å². The van der Waals surface area contributed by atoms with Gasteiger partial charge in [-0.25, -0.2) is 13.2 Å². The van der Waals surface area contributed by atoms with Crippen molar-refractivity contribution < 1.29 is 18.1 Å². The van der Waals surface area contributed by atoms with Crippen molar-refractivity contribution in [1.29, 1.82) is 0 Å². The van der Waals surface area contributed by atoms with E-state index in [4.69, 9.17) is 0 Å². The summed E-state index contributed by atoms with van der Waals surface area (Å²) < 4.78 is 22.4. The van der Waals surface area contributed by atoms with E-state index < -0.39 is 26.8 Å². The number of carbonyl (C=O) groups excluding carboxylic acids is 1. The lowest BCUT2D eigenvalue weighted by atomic mass is 10.2. The standard InChI is InChI=1S/C11H11N3O5S/c15-11(12-8-5-6-20(18,19)7-8)13-9-3-1-2-4-10(9)14(16)17/h1-6,8H,7H2,(H2,12,13,15). The number of benzene rings is 1. The molecule has 0 spiro atoms. The van der Waals surface area contributed by atoms with E-state index in [0.29, 0.717) is 0 Å². The number of hydrogen-bond donors (Lipinski definition) is 2. The largest absolute Gasteiger partial charge is 0.331 e. The van der Waals surface area contributed by atoms with Crippen LogP contribution in [0.2, 0.25) is 0 Å². The molecule has 2 rings (SSSR count). The molecule has 9 heteroatoms. The Bertz CT molecular complexity index is 683. The van der Waals surface area contributed by atoms with Crippen molar-refractivity contribution in [2.24, 2.45) is 0 Å². The Kier molecular flexibility index (Phi) is 3.70. The van der Waals surface area contributed by atoms with Crippen LogP contribution in [0.15, 0.2) is 35.7 Å². The Morgan fingerprint density at radius 2 is 2.05 bits per heavy atom. The number of carbonyl (C=O) groups is 1. The lowest BCUT2D eigenvalue weighted by Gasteiger charge is -2.11. The van der Waals surface area contributed by atoms with Gasteiger partial charge in [0.2, 0.25) is 0 Å². The Hall–Kier alpha value is -2.42. The molecule has 1 heterocycles. The second-order valence-electron chi connectivity index (χ2n) is 4.14. The third kappa shape index (κ3) is 3.32. The van der Waals surface area contributed by atoms with E-state index in [1.165, 1.54) is 24.3 Å². The van der Waals surface area contributed by atoms with E-state index in [1.54, 1.807) is 6.07 Å². The van der Waals surface area contributed by atoms with Gasteiger partial charge < -0.3 is 10.6 Å². The zero-order chi connectivity index (χ0) is 14.8. The molecule has 106 valence electrons. The molecule has 0 radical (unpaired) electrons. The highest BCUT2D eigenvalue weighted by molar-refractivity contribution is 7.94. The van der Waals surface area contributed by atoms with Gasteiger partial charge >= 0.3 is 6.03 Å². The minimum atomic E-state index is -3.27. The maximum absolute atomic E-state index is 11.7. The number of urea groups is 1. The summed E-state index contributed by atoms with van der Waals surface area (Å²) in [6.45, 7) is 0. The molecular formula is C11H11N3O5S. The van der Waals surface area contributed by atoms with Crippen molar-refractivity contribution in [3.05, 3.63) is 45.9 Å². The minimum Gasteiger partial charge on any atom is -0.331 e. The molecular weight excluding hydrogens is 286 g/mol. The highest BCUT2D eigenvalue weighted by Gasteiger charge is 2.23. The predicted molar refractivity (Wildman–Crippen MR) is 72.0 cm³/mol. The summed E-state index contributed by atoms with van der Waals surface area (Å²) in [4.78, 5) is 21.8. The van der Waals surface area contributed by atoms with Gasteiger partial charge in [-0.15, -0.1) is 0 Å². The first kappa shape index (κ1) is 14.0. The van der Waals surface area contributed by atoms with Gasteiger partial charge in [-0.3, -0.25) is 10.1 Å². The monoisotopic (exact) mass is 297 g/mol. The van der Waals surface area contributed by atoms with Gasteiger partial charge in [-0.05, 0) is 12.1 Å². The maximum atomic E-state index is 11.7. The third-order valence-electron chi connectivity index (χ3n) is 2.60. The number of nitrogens with zero attached hydrogens (tertiary/aromatic N) is 1. The summed E-state index contributed by atoms with van der Waals surface area (Å²) in [5, 5.41) is 16.5. The predicted octanol–water partition coefficient (Wildman–Crippen LogP) is 1.03. The number of sulfone groups is 1. The van der Waals surface area contributed by atoms with Crippen LogP contribution in [0.5, 0.6) is 0 Å². The van der Waals surface area contributed by atoms with Crippen LogP contribution in [-0.2, 0) is 9.84 Å². The summed E-state index contributed by atoms with van der Waals surface area (Å²) in [5.74, 6) is -0.211. The van der Waals surface area contributed by atoms with E-state index in [0.717, 1.165) is 5.41 Å². The summed E-state index contributed by atoms with van der Waals surface area (Å²) in [6, 6.07) is 4.33. The number of nitro groups is 1. The number of nitro benzene ring substituents is 1. The lowest BCUT2D eigenvalue weighted by Crippen LogP contribution is -2.38. The zero-order valence-electron chi connectivity index (χ0n) is 10.1. The molecule has 0 saturated carbocycles. The van der Waals surface area contributed by atoms with Crippen LogP contribution in [0, 0.1) is 10.1 Å². The van der Waals surface area contributed by atoms with Crippen LogP contribution in [0.25, 0.3) is 0 Å². The number of para-hydroxylation sites is 2. The lowest BCUT2D eigenvalue weighted by molar-refractivity contribution is -0.383. The zero-order valence-corrected chi connectivity index (χ0v) is 11.0. The first-order valence-corrected chi connectivity index (χ1v) is 7.31. The minimum absolute atomic E-state index is 0.0415. The maximum Gasteiger partial charge on any atom is 0.319 e. The average Bonchev–Trinajstić information content (AvgIpc) is 2.68. The molecule has 0 aromatic heterocycles. The number of amides is 2. The molecule has 0 bridgehead atoms. The Morgan fingerprint density at radius 1 is 1.35 bits per heavy atom. The van der Waals surface area contributed by atoms with E-state index >= 15 is 0 Å². The molecule has 1 aromatic carbocycles. The normalized spacial score (nSPS) is 19.5. The van der Waals surface area contributed by atoms with Crippen LogP contribution >= 0.6 is 0 Å². The molecule has 0 fully saturated rings. The number of anilines is 1. The quantitative estimate of drug-likeness (QED) is 0.638. The summed E-state index contributed by atoms with van der Waals surface area (Å²) in [7, 11) is -3.27. The molecule has 1 aliphatic rings. The van der Waals surface area contributed by atoms with Gasteiger partial charge in [0, 0.05) is 11.5 Å². The van der Waals surface area contributed by atoms with Crippen LogP contribution in [-0.4, -0.2) is 31.2 Å². The van der Waals surface area contributed by atoms with E-state index in [1.807, 2.05) is 0 Å². The van der Waals surface area contributed by atoms with Crippen molar-refractivity contribution in [1.82, 2.24) is 5.32 Å². The molecule has 1 aliphatic heterocycles. The first-order valence-electron chi connectivity index (χ1n) is 5.59. The number of hydrogen-bond acceptors (Lipinski definition) is 5. The Morgan fingerprint density at radius 3 is 2.65 bits per heavy atom. The fourth-order valence-corrected chi connectivity index (χ4v) is 2.97. The van der Waals surface area contributed by atoms with E-state index in [9.17, 15) is 23.3 Å². The molecule has 20 heavy (non-hydrogen) atoms. The van der Waals surface area contributed by atoms with Crippen LogP contribution in [0.4, 0.5) is 16.2 Å². The van der Waals surface area contributed by atoms with Crippen LogP contribution < -0.4 is 10.6 Å². The molecule has 0 saturated heterocycles. The van der Waals surface area contributed by atoms with E-state index in [-0.39, 0.29) is 17.1 Å². The molecule has 0 aliphatic carbocycles. The van der Waals surface area contributed by atoms with Crippen LogP contribution in [0.1, 0.15) is 0 Å². The van der Waals surface area contributed by atoms with Crippen molar-refractivity contribution in [2.75, 3.05) is 11.1 Å². The molecule has 8 nitrogen and oxygen atoms in total. The van der Waals surface area contributed by atoms with E-state index in [2.05, 4.69) is 10.6 Å². The molecule has 2 N–H and O–H groups in total.